The van der Waals surface area contributed by atoms with Crippen LogP contribution in [0.4, 0.5) is 0 Å². The zero-order valence-electron chi connectivity index (χ0n) is 9.74. The maximum atomic E-state index is 11.6. The number of aromatic nitrogens is 4. The molecule has 0 saturated heterocycles. The number of nitrogens with zero attached hydrogens (tertiary/aromatic N) is 4. The number of hydrogen-bond donors (Lipinski definition) is 1. The van der Waals surface area contributed by atoms with Gasteiger partial charge in [-0.3, -0.25) is 13.9 Å². The van der Waals surface area contributed by atoms with Crippen molar-refractivity contribution in [3.8, 4) is 11.4 Å². The van der Waals surface area contributed by atoms with Gasteiger partial charge < -0.3 is 5.73 Å². The summed E-state index contributed by atoms with van der Waals surface area (Å²) in [5.41, 5.74) is 7.81. The summed E-state index contributed by atoms with van der Waals surface area (Å²) in [6.45, 7) is 0. The topological polar surface area (TPSA) is 78.2 Å². The van der Waals surface area contributed by atoms with Gasteiger partial charge in [0.15, 0.2) is 0 Å². The maximum absolute atomic E-state index is 11.6. The van der Waals surface area contributed by atoms with E-state index in [1.165, 1.54) is 0 Å². The van der Waals surface area contributed by atoms with Crippen LogP contribution in [-0.2, 0) is 7.05 Å². The Morgan fingerprint density at radius 3 is 2.83 bits per heavy atom. The number of imidazole rings is 1. The van der Waals surface area contributed by atoms with Crippen LogP contribution in [0.1, 0.15) is 10.5 Å². The fourth-order valence-corrected chi connectivity index (χ4v) is 2.02. The number of carbonyl (C=O) groups excluding carboxylic acids is 1. The molecule has 0 aromatic carbocycles. The maximum Gasteiger partial charge on any atom is 0.268 e. The molecular formula is C12H11N5O. The van der Waals surface area contributed by atoms with E-state index in [0.717, 1.165) is 5.69 Å². The van der Waals surface area contributed by atoms with Crippen molar-refractivity contribution in [2.75, 3.05) is 0 Å². The molecule has 90 valence electrons. The van der Waals surface area contributed by atoms with Crippen LogP contribution in [-0.4, -0.2) is 25.1 Å². The Labute approximate surface area is 103 Å². The van der Waals surface area contributed by atoms with E-state index in [4.69, 9.17) is 5.73 Å². The SMILES string of the molecule is Cn1nccc1-c1nc2ccccn2c1C(N)=O. The third-order valence-electron chi connectivity index (χ3n) is 2.83. The summed E-state index contributed by atoms with van der Waals surface area (Å²) in [5, 5.41) is 4.08. The summed E-state index contributed by atoms with van der Waals surface area (Å²) in [4.78, 5) is 16.1. The molecule has 0 unspecified atom stereocenters. The molecule has 3 aromatic heterocycles. The second kappa shape index (κ2) is 3.69. The highest BCUT2D eigenvalue weighted by Crippen LogP contribution is 2.23. The number of aryl methyl sites for hydroxylation is 1. The molecule has 0 atom stereocenters. The quantitative estimate of drug-likeness (QED) is 0.722. The molecule has 0 aliphatic carbocycles. The molecule has 6 heteroatoms. The highest BCUT2D eigenvalue weighted by molar-refractivity contribution is 5.98. The normalized spacial score (nSPS) is 10.9. The lowest BCUT2D eigenvalue weighted by Crippen LogP contribution is -2.15. The number of carbonyl (C=O) groups is 1. The number of pyridine rings is 1. The summed E-state index contributed by atoms with van der Waals surface area (Å²) in [7, 11) is 1.80. The molecule has 0 bridgehead atoms. The Hall–Kier alpha value is -2.63. The van der Waals surface area contributed by atoms with Crippen LogP contribution in [0.15, 0.2) is 36.7 Å². The predicted octanol–water partition coefficient (Wildman–Crippen LogP) is 0.834. The van der Waals surface area contributed by atoms with Crippen molar-refractivity contribution >= 4 is 11.6 Å². The van der Waals surface area contributed by atoms with Crippen LogP contribution >= 0.6 is 0 Å². The molecule has 0 spiro atoms. The first-order valence-electron chi connectivity index (χ1n) is 5.44. The fourth-order valence-electron chi connectivity index (χ4n) is 2.02. The summed E-state index contributed by atoms with van der Waals surface area (Å²) in [6.07, 6.45) is 3.42. The molecular weight excluding hydrogens is 230 g/mol. The average molecular weight is 241 g/mol. The Morgan fingerprint density at radius 2 is 2.17 bits per heavy atom. The minimum Gasteiger partial charge on any atom is -0.364 e. The van der Waals surface area contributed by atoms with Gasteiger partial charge in [0.25, 0.3) is 5.91 Å². The summed E-state index contributed by atoms with van der Waals surface area (Å²) in [5.74, 6) is -0.509. The molecule has 6 nitrogen and oxygen atoms in total. The fraction of sp³-hybridized carbons (Fsp3) is 0.0833. The second-order valence-electron chi connectivity index (χ2n) is 3.94. The van der Waals surface area contributed by atoms with Crippen LogP contribution in [0.5, 0.6) is 0 Å². The molecule has 0 fully saturated rings. The van der Waals surface area contributed by atoms with Gasteiger partial charge in [0.1, 0.15) is 17.0 Å². The monoisotopic (exact) mass is 241 g/mol. The minimum atomic E-state index is -0.509. The van der Waals surface area contributed by atoms with Gasteiger partial charge in [0.05, 0.1) is 5.69 Å². The standard InChI is InChI=1S/C12H11N5O/c1-16-8(5-6-14-16)10-11(12(13)18)17-7-3-2-4-9(17)15-10/h2-7H,1H3,(H2,13,18). The molecule has 0 aliphatic heterocycles. The number of amides is 1. The van der Waals surface area contributed by atoms with Crippen molar-refractivity contribution < 1.29 is 4.79 Å². The van der Waals surface area contributed by atoms with E-state index in [0.29, 0.717) is 17.0 Å². The number of nitrogens with two attached hydrogens (primary N) is 1. The van der Waals surface area contributed by atoms with Gasteiger partial charge in [0.2, 0.25) is 0 Å². The van der Waals surface area contributed by atoms with Gasteiger partial charge in [-0.15, -0.1) is 0 Å². The van der Waals surface area contributed by atoms with E-state index in [1.54, 1.807) is 34.6 Å². The van der Waals surface area contributed by atoms with Crippen molar-refractivity contribution in [2.24, 2.45) is 12.8 Å². The summed E-state index contributed by atoms with van der Waals surface area (Å²) < 4.78 is 3.35. The van der Waals surface area contributed by atoms with E-state index < -0.39 is 5.91 Å². The lowest BCUT2D eigenvalue weighted by atomic mass is 10.2. The molecule has 3 rings (SSSR count). The predicted molar refractivity (Wildman–Crippen MR) is 65.9 cm³/mol. The van der Waals surface area contributed by atoms with Gasteiger partial charge in [-0.1, -0.05) is 6.07 Å². The molecule has 0 radical (unpaired) electrons. The highest BCUT2D eigenvalue weighted by Gasteiger charge is 2.19. The number of hydrogen-bond acceptors (Lipinski definition) is 3. The van der Waals surface area contributed by atoms with Gasteiger partial charge in [-0.25, -0.2) is 4.98 Å². The van der Waals surface area contributed by atoms with Crippen molar-refractivity contribution in [2.45, 2.75) is 0 Å². The van der Waals surface area contributed by atoms with Gasteiger partial charge in [-0.2, -0.15) is 5.10 Å². The van der Waals surface area contributed by atoms with Crippen LogP contribution in [0.2, 0.25) is 0 Å². The van der Waals surface area contributed by atoms with Crippen LogP contribution in [0.25, 0.3) is 17.0 Å². The average Bonchev–Trinajstić information content (AvgIpc) is 2.91. The second-order valence-corrected chi connectivity index (χ2v) is 3.94. The van der Waals surface area contributed by atoms with Crippen LogP contribution in [0, 0.1) is 0 Å². The zero-order chi connectivity index (χ0) is 12.7. The lowest BCUT2D eigenvalue weighted by Gasteiger charge is -2.01. The van der Waals surface area contributed by atoms with Crippen LogP contribution in [0.3, 0.4) is 0 Å². The number of primary amides is 1. The molecule has 0 saturated carbocycles. The Balaban J connectivity index is 2.39. The Bertz CT molecular complexity index is 740. The van der Waals surface area contributed by atoms with Gasteiger partial charge in [-0.05, 0) is 18.2 Å². The summed E-state index contributed by atoms with van der Waals surface area (Å²) in [6, 6.07) is 7.31. The van der Waals surface area contributed by atoms with E-state index in [9.17, 15) is 4.79 Å². The van der Waals surface area contributed by atoms with Crippen molar-refractivity contribution in [3.63, 3.8) is 0 Å². The lowest BCUT2D eigenvalue weighted by molar-refractivity contribution is 0.0995. The Morgan fingerprint density at radius 1 is 1.33 bits per heavy atom. The van der Waals surface area contributed by atoms with Crippen molar-refractivity contribution in [3.05, 3.63) is 42.4 Å². The van der Waals surface area contributed by atoms with Crippen molar-refractivity contribution in [1.82, 2.24) is 19.2 Å². The largest absolute Gasteiger partial charge is 0.364 e. The zero-order valence-corrected chi connectivity index (χ0v) is 9.74. The molecule has 3 heterocycles. The van der Waals surface area contributed by atoms with Crippen molar-refractivity contribution in [1.29, 1.82) is 0 Å². The molecule has 18 heavy (non-hydrogen) atoms. The third kappa shape index (κ3) is 1.39. The first kappa shape index (κ1) is 10.5. The van der Waals surface area contributed by atoms with E-state index in [1.807, 2.05) is 18.2 Å². The molecule has 1 amide bonds. The number of rotatable bonds is 2. The van der Waals surface area contributed by atoms with Gasteiger partial charge in [0, 0.05) is 19.4 Å². The molecule has 2 N–H and O–H groups in total. The first-order valence-corrected chi connectivity index (χ1v) is 5.44. The third-order valence-corrected chi connectivity index (χ3v) is 2.83. The smallest absolute Gasteiger partial charge is 0.268 e. The minimum absolute atomic E-state index is 0.370. The summed E-state index contributed by atoms with van der Waals surface area (Å²) >= 11 is 0. The van der Waals surface area contributed by atoms with E-state index in [2.05, 4.69) is 10.1 Å². The Kier molecular flexibility index (Phi) is 2.16. The first-order chi connectivity index (χ1) is 8.68. The van der Waals surface area contributed by atoms with E-state index in [-0.39, 0.29) is 0 Å². The highest BCUT2D eigenvalue weighted by atomic mass is 16.1. The van der Waals surface area contributed by atoms with Gasteiger partial charge >= 0.3 is 0 Å². The van der Waals surface area contributed by atoms with Crippen LogP contribution < -0.4 is 5.73 Å². The number of fused-ring (bicyclic) bond motifs is 1. The van der Waals surface area contributed by atoms with E-state index >= 15 is 0 Å². The molecule has 0 aliphatic rings. The molecule has 3 aromatic rings.